The van der Waals surface area contributed by atoms with Crippen LogP contribution in [0.4, 0.5) is 0 Å². The molecule has 0 spiro atoms. The number of benzene rings is 1. The summed E-state index contributed by atoms with van der Waals surface area (Å²) in [4.78, 5) is 23.1. The van der Waals surface area contributed by atoms with Crippen LogP contribution in [0.3, 0.4) is 0 Å². The third-order valence-electron chi connectivity index (χ3n) is 2.93. The van der Waals surface area contributed by atoms with Crippen LogP contribution in [0.1, 0.15) is 12.5 Å². The van der Waals surface area contributed by atoms with Gasteiger partial charge in [-0.05, 0) is 37.6 Å². The molecule has 1 aromatic rings. The van der Waals surface area contributed by atoms with Gasteiger partial charge in [-0.2, -0.15) is 0 Å². The van der Waals surface area contributed by atoms with Crippen LogP contribution < -0.4 is 4.74 Å². The first-order valence-corrected chi connectivity index (χ1v) is 6.97. The fourth-order valence-electron chi connectivity index (χ4n) is 1.54. The molecule has 0 aliphatic rings. The predicted molar refractivity (Wildman–Crippen MR) is 90.0 cm³/mol. The number of ether oxygens (including phenoxy) is 2. The van der Waals surface area contributed by atoms with Crippen LogP contribution in [0, 0.1) is 6.92 Å². The summed E-state index contributed by atoms with van der Waals surface area (Å²) < 4.78 is 10.2. The van der Waals surface area contributed by atoms with E-state index in [1.165, 1.54) is 6.08 Å². The summed E-state index contributed by atoms with van der Waals surface area (Å²) in [5.41, 5.74) is 2.44. The van der Waals surface area contributed by atoms with Gasteiger partial charge in [-0.15, -0.1) is 0 Å². The van der Waals surface area contributed by atoms with Gasteiger partial charge in [0.25, 0.3) is 0 Å². The number of esters is 2. The molecule has 4 heteroatoms. The van der Waals surface area contributed by atoms with Crippen molar-refractivity contribution in [3.63, 3.8) is 0 Å². The van der Waals surface area contributed by atoms with Crippen molar-refractivity contribution in [2.45, 2.75) is 13.8 Å². The summed E-state index contributed by atoms with van der Waals surface area (Å²) in [6.45, 7) is 14.5. The Labute approximate surface area is 136 Å². The van der Waals surface area contributed by atoms with Gasteiger partial charge in [0.1, 0.15) is 12.4 Å². The van der Waals surface area contributed by atoms with E-state index in [9.17, 15) is 9.59 Å². The molecule has 23 heavy (non-hydrogen) atoms. The Hall–Kier alpha value is -2.88. The second-order valence-corrected chi connectivity index (χ2v) is 4.99. The lowest BCUT2D eigenvalue weighted by molar-refractivity contribution is -0.136. The molecule has 0 amide bonds. The number of hydrogen-bond donors (Lipinski definition) is 0. The van der Waals surface area contributed by atoms with Crippen LogP contribution in [-0.4, -0.2) is 18.5 Å². The van der Waals surface area contributed by atoms with Gasteiger partial charge < -0.3 is 9.47 Å². The van der Waals surface area contributed by atoms with Crippen molar-refractivity contribution in [1.29, 1.82) is 0 Å². The van der Waals surface area contributed by atoms with Gasteiger partial charge in [0.15, 0.2) is 0 Å². The minimum Gasteiger partial charge on any atom is -0.458 e. The van der Waals surface area contributed by atoms with Gasteiger partial charge in [0.05, 0.1) is 5.57 Å². The second-order valence-electron chi connectivity index (χ2n) is 4.99. The molecule has 0 saturated heterocycles. The number of carbonyl (C=O) groups is 2. The van der Waals surface area contributed by atoms with Crippen molar-refractivity contribution in [3.05, 3.63) is 78.4 Å². The van der Waals surface area contributed by atoms with E-state index in [0.29, 0.717) is 16.9 Å². The van der Waals surface area contributed by atoms with E-state index in [1.54, 1.807) is 19.1 Å². The molecule has 0 bridgehead atoms. The molecule has 0 fully saturated rings. The maximum atomic E-state index is 12.0. The first-order valence-electron chi connectivity index (χ1n) is 6.97. The summed E-state index contributed by atoms with van der Waals surface area (Å²) in [5, 5.41) is 0. The molecule has 0 aliphatic carbocycles. The van der Waals surface area contributed by atoms with E-state index < -0.39 is 11.9 Å². The molecule has 120 valence electrons. The van der Waals surface area contributed by atoms with E-state index in [-0.39, 0.29) is 12.2 Å². The lowest BCUT2D eigenvalue weighted by Gasteiger charge is -2.09. The van der Waals surface area contributed by atoms with Crippen LogP contribution in [0.2, 0.25) is 0 Å². The smallest absolute Gasteiger partial charge is 0.342 e. The molecule has 0 unspecified atom stereocenters. The highest BCUT2D eigenvalue weighted by atomic mass is 16.5. The maximum absolute atomic E-state index is 12.0. The highest BCUT2D eigenvalue weighted by molar-refractivity contribution is 5.92. The van der Waals surface area contributed by atoms with E-state index in [1.807, 2.05) is 19.1 Å². The Morgan fingerprint density at radius 1 is 1.17 bits per heavy atom. The molecular formula is C19H20O4. The fourth-order valence-corrected chi connectivity index (χ4v) is 1.54. The van der Waals surface area contributed by atoms with Crippen LogP contribution in [-0.2, 0) is 14.3 Å². The molecule has 0 heterocycles. The Kier molecular flexibility index (Phi) is 6.74. The first-order chi connectivity index (χ1) is 10.8. The molecule has 0 atom stereocenters. The van der Waals surface area contributed by atoms with Crippen LogP contribution >= 0.6 is 0 Å². The zero-order valence-corrected chi connectivity index (χ0v) is 13.4. The number of aryl methyl sites for hydroxylation is 1. The SMILES string of the molecule is C=CC(=O)OC/C(=C/C(=C)C(=O)Oc1ccc(C)cc1)C(=C)C. The number of carbonyl (C=O) groups excluding carboxylic acids is 2. The Morgan fingerprint density at radius 3 is 2.30 bits per heavy atom. The van der Waals surface area contributed by atoms with Gasteiger partial charge in [-0.3, -0.25) is 0 Å². The molecule has 1 rings (SSSR count). The van der Waals surface area contributed by atoms with E-state index >= 15 is 0 Å². The van der Waals surface area contributed by atoms with Gasteiger partial charge in [0.2, 0.25) is 0 Å². The minimum absolute atomic E-state index is 0.0168. The Morgan fingerprint density at radius 2 is 1.78 bits per heavy atom. The highest BCUT2D eigenvalue weighted by Crippen LogP contribution is 2.15. The zero-order valence-electron chi connectivity index (χ0n) is 13.4. The molecule has 4 nitrogen and oxygen atoms in total. The molecule has 0 aliphatic heterocycles. The van der Waals surface area contributed by atoms with Crippen LogP contribution in [0.15, 0.2) is 72.9 Å². The van der Waals surface area contributed by atoms with Gasteiger partial charge >= 0.3 is 11.9 Å². The van der Waals surface area contributed by atoms with Crippen molar-refractivity contribution >= 4 is 11.9 Å². The molecule has 1 aromatic carbocycles. The number of rotatable bonds is 7. The average Bonchev–Trinajstić information content (AvgIpc) is 2.52. The topological polar surface area (TPSA) is 52.6 Å². The lowest BCUT2D eigenvalue weighted by atomic mass is 10.1. The Balaban J connectivity index is 2.77. The fraction of sp³-hybridized carbons (Fsp3) is 0.158. The zero-order chi connectivity index (χ0) is 17.4. The van der Waals surface area contributed by atoms with Gasteiger partial charge in [-0.25, -0.2) is 9.59 Å². The standard InChI is InChI=1S/C19H20O4/c1-6-18(20)22-12-16(13(2)3)11-15(5)19(21)23-17-9-7-14(4)8-10-17/h6-11H,1-2,5,12H2,3-4H3/b16-11-. The molecule has 0 aromatic heterocycles. The average molecular weight is 312 g/mol. The third kappa shape index (κ3) is 6.18. The van der Waals surface area contributed by atoms with Gasteiger partial charge in [0, 0.05) is 6.08 Å². The number of hydrogen-bond acceptors (Lipinski definition) is 4. The van der Waals surface area contributed by atoms with Crippen molar-refractivity contribution in [2.75, 3.05) is 6.61 Å². The van der Waals surface area contributed by atoms with Crippen molar-refractivity contribution in [2.24, 2.45) is 0 Å². The quantitative estimate of drug-likeness (QED) is 0.333. The lowest BCUT2D eigenvalue weighted by Crippen LogP contribution is -2.11. The van der Waals surface area contributed by atoms with E-state index in [4.69, 9.17) is 9.47 Å². The largest absolute Gasteiger partial charge is 0.458 e. The first kappa shape index (κ1) is 18.2. The van der Waals surface area contributed by atoms with E-state index in [2.05, 4.69) is 19.7 Å². The predicted octanol–water partition coefficient (Wildman–Crippen LogP) is 3.69. The molecule has 0 radical (unpaired) electrons. The van der Waals surface area contributed by atoms with Gasteiger partial charge in [-0.1, -0.05) is 43.0 Å². The Bertz CT molecular complexity index is 663. The van der Waals surface area contributed by atoms with Crippen molar-refractivity contribution in [1.82, 2.24) is 0 Å². The van der Waals surface area contributed by atoms with Crippen molar-refractivity contribution < 1.29 is 19.1 Å². The monoisotopic (exact) mass is 312 g/mol. The summed E-state index contributed by atoms with van der Waals surface area (Å²) in [6, 6.07) is 7.09. The normalized spacial score (nSPS) is 10.6. The van der Waals surface area contributed by atoms with Crippen LogP contribution in [0.5, 0.6) is 5.75 Å². The highest BCUT2D eigenvalue weighted by Gasteiger charge is 2.10. The molecule has 0 saturated carbocycles. The molecular weight excluding hydrogens is 292 g/mol. The maximum Gasteiger partial charge on any atom is 0.342 e. The van der Waals surface area contributed by atoms with E-state index in [0.717, 1.165) is 11.6 Å². The summed E-state index contributed by atoms with van der Waals surface area (Å²) in [5.74, 6) is -0.697. The molecule has 0 N–H and O–H groups in total. The third-order valence-corrected chi connectivity index (χ3v) is 2.93. The summed E-state index contributed by atoms with van der Waals surface area (Å²) in [7, 11) is 0. The van der Waals surface area contributed by atoms with Crippen molar-refractivity contribution in [3.8, 4) is 5.75 Å². The summed E-state index contributed by atoms with van der Waals surface area (Å²) in [6.07, 6.45) is 2.56. The second kappa shape index (κ2) is 8.54. The summed E-state index contributed by atoms with van der Waals surface area (Å²) >= 11 is 0. The van der Waals surface area contributed by atoms with Crippen LogP contribution in [0.25, 0.3) is 0 Å². The minimum atomic E-state index is -0.581.